The summed E-state index contributed by atoms with van der Waals surface area (Å²) in [6.07, 6.45) is 1.76. The topological polar surface area (TPSA) is 87.2 Å². The molecule has 3 aromatic rings. The molecule has 2 heterocycles. The van der Waals surface area contributed by atoms with E-state index in [2.05, 4.69) is 20.8 Å². The number of amides is 3. The summed E-state index contributed by atoms with van der Waals surface area (Å²) in [6.45, 7) is 3.19. The zero-order chi connectivity index (χ0) is 21.8. The Balaban J connectivity index is 1.38. The van der Waals surface area contributed by atoms with Crippen LogP contribution in [-0.4, -0.2) is 40.1 Å². The van der Waals surface area contributed by atoms with Crippen molar-refractivity contribution in [3.63, 3.8) is 0 Å². The largest absolute Gasteiger partial charge is 0.324 e. The minimum atomic E-state index is -0.279. The van der Waals surface area contributed by atoms with E-state index in [1.165, 1.54) is 11.3 Å². The van der Waals surface area contributed by atoms with Gasteiger partial charge < -0.3 is 15.5 Å². The normalized spacial score (nSPS) is 16.1. The number of hydrogen-bond donors (Lipinski definition) is 2. The van der Waals surface area contributed by atoms with Gasteiger partial charge in [0.25, 0.3) is 5.91 Å². The Morgan fingerprint density at radius 3 is 2.68 bits per heavy atom. The summed E-state index contributed by atoms with van der Waals surface area (Å²) < 4.78 is 0. The first-order chi connectivity index (χ1) is 15.0. The smallest absolute Gasteiger partial charge is 0.321 e. The number of carbonyl (C=O) groups excluding carboxylic acids is 2. The number of rotatable bonds is 4. The first-order valence-corrected chi connectivity index (χ1v) is 11.2. The summed E-state index contributed by atoms with van der Waals surface area (Å²) in [4.78, 5) is 26.9. The molecule has 1 saturated heterocycles. The van der Waals surface area contributed by atoms with Gasteiger partial charge >= 0.3 is 6.03 Å². The van der Waals surface area contributed by atoms with Crippen LogP contribution in [-0.2, 0) is 0 Å². The Kier molecular flexibility index (Phi) is 6.48. The molecule has 1 aromatic heterocycles. The molecule has 0 bridgehead atoms. The van der Waals surface area contributed by atoms with Crippen LogP contribution >= 0.6 is 22.9 Å². The van der Waals surface area contributed by atoms with E-state index in [1.54, 1.807) is 29.2 Å². The third-order valence-corrected chi connectivity index (χ3v) is 6.40. The Bertz CT molecular complexity index is 1090. The lowest BCUT2D eigenvalue weighted by molar-refractivity contribution is 0.102. The second kappa shape index (κ2) is 9.45. The van der Waals surface area contributed by atoms with Gasteiger partial charge in [0.05, 0.1) is 0 Å². The summed E-state index contributed by atoms with van der Waals surface area (Å²) in [5.41, 5.74) is 2.50. The van der Waals surface area contributed by atoms with E-state index in [0.29, 0.717) is 34.5 Å². The quantitative estimate of drug-likeness (QED) is 0.568. The van der Waals surface area contributed by atoms with Crippen LogP contribution in [0.1, 0.15) is 39.1 Å². The number of likely N-dealkylation sites (tertiary alicyclic amines) is 1. The highest BCUT2D eigenvalue weighted by Gasteiger charge is 2.28. The third-order valence-electron chi connectivity index (χ3n) is 5.08. The predicted octanol–water partition coefficient (Wildman–Crippen LogP) is 5.16. The highest BCUT2D eigenvalue weighted by Crippen LogP contribution is 2.30. The molecule has 0 spiro atoms. The lowest BCUT2D eigenvalue weighted by atomic mass is 9.99. The van der Waals surface area contributed by atoms with Crippen molar-refractivity contribution in [2.24, 2.45) is 0 Å². The number of hydrogen-bond acceptors (Lipinski definition) is 5. The van der Waals surface area contributed by atoms with Gasteiger partial charge in [0.2, 0.25) is 5.01 Å². The molecule has 160 valence electrons. The molecule has 1 fully saturated rings. The lowest BCUT2D eigenvalue weighted by Crippen LogP contribution is -2.41. The highest BCUT2D eigenvalue weighted by atomic mass is 35.5. The van der Waals surface area contributed by atoms with Crippen molar-refractivity contribution in [1.29, 1.82) is 0 Å². The molecule has 0 unspecified atom stereocenters. The number of benzene rings is 2. The van der Waals surface area contributed by atoms with Gasteiger partial charge in [-0.05, 0) is 50.1 Å². The van der Waals surface area contributed by atoms with Gasteiger partial charge in [-0.3, -0.25) is 4.79 Å². The Morgan fingerprint density at radius 1 is 1.10 bits per heavy atom. The van der Waals surface area contributed by atoms with Crippen LogP contribution in [0.3, 0.4) is 0 Å². The van der Waals surface area contributed by atoms with Crippen molar-refractivity contribution in [1.82, 2.24) is 15.1 Å². The molecule has 0 radical (unpaired) electrons. The number of nitrogens with one attached hydrogen (secondary N) is 2. The average Bonchev–Trinajstić information content (AvgIpc) is 3.26. The fourth-order valence-electron chi connectivity index (χ4n) is 3.44. The number of halogens is 1. The number of carbonyl (C=O) groups is 2. The predicted molar refractivity (Wildman–Crippen MR) is 123 cm³/mol. The Morgan fingerprint density at radius 2 is 1.90 bits per heavy atom. The van der Waals surface area contributed by atoms with Crippen molar-refractivity contribution in [3.8, 4) is 0 Å². The molecule has 1 aliphatic rings. The summed E-state index contributed by atoms with van der Waals surface area (Å²) in [6, 6.07) is 14.5. The Labute approximate surface area is 189 Å². The van der Waals surface area contributed by atoms with Gasteiger partial charge in [-0.2, -0.15) is 0 Å². The maximum atomic E-state index is 12.7. The second-order valence-electron chi connectivity index (χ2n) is 7.49. The van der Waals surface area contributed by atoms with Gasteiger partial charge in [0, 0.05) is 35.4 Å². The maximum absolute atomic E-state index is 12.7. The lowest BCUT2D eigenvalue weighted by Gasteiger charge is -2.31. The SMILES string of the molecule is Cc1ccc(NC(=O)c2nnc([C@H]3CCCN(C(=O)Nc4cccc(Cl)c4)C3)s2)cc1. The number of anilines is 2. The molecular weight excluding hydrogens is 434 g/mol. The first-order valence-electron chi connectivity index (χ1n) is 10.0. The van der Waals surface area contributed by atoms with E-state index >= 15 is 0 Å². The number of nitrogens with zero attached hydrogens (tertiary/aromatic N) is 3. The zero-order valence-corrected chi connectivity index (χ0v) is 18.5. The summed E-state index contributed by atoms with van der Waals surface area (Å²) in [5.74, 6) is -0.226. The molecular formula is C22H22ClN5O2S. The number of piperidine rings is 1. The van der Waals surface area contributed by atoms with Crippen molar-refractivity contribution in [3.05, 3.63) is 69.1 Å². The minimum absolute atomic E-state index is 0.0530. The van der Waals surface area contributed by atoms with Crippen LogP contribution in [0.5, 0.6) is 0 Å². The molecule has 4 rings (SSSR count). The molecule has 0 saturated carbocycles. The summed E-state index contributed by atoms with van der Waals surface area (Å²) in [5, 5.41) is 15.7. The molecule has 0 aliphatic carbocycles. The van der Waals surface area contributed by atoms with Gasteiger partial charge in [0.1, 0.15) is 5.01 Å². The zero-order valence-electron chi connectivity index (χ0n) is 17.0. The minimum Gasteiger partial charge on any atom is -0.324 e. The van der Waals surface area contributed by atoms with Crippen LogP contribution in [0.25, 0.3) is 0 Å². The fraction of sp³-hybridized carbons (Fsp3) is 0.273. The van der Waals surface area contributed by atoms with Gasteiger partial charge in [-0.25, -0.2) is 4.79 Å². The van der Waals surface area contributed by atoms with Crippen LogP contribution in [0.15, 0.2) is 48.5 Å². The third kappa shape index (κ3) is 5.39. The van der Waals surface area contributed by atoms with E-state index in [4.69, 9.17) is 11.6 Å². The van der Waals surface area contributed by atoms with E-state index in [-0.39, 0.29) is 17.9 Å². The summed E-state index contributed by atoms with van der Waals surface area (Å²) >= 11 is 7.27. The molecule has 1 atom stereocenters. The van der Waals surface area contributed by atoms with Crippen molar-refractivity contribution < 1.29 is 9.59 Å². The van der Waals surface area contributed by atoms with Crippen LogP contribution in [0, 0.1) is 6.92 Å². The second-order valence-corrected chi connectivity index (χ2v) is 8.94. The van der Waals surface area contributed by atoms with Gasteiger partial charge in [-0.15, -0.1) is 10.2 Å². The molecule has 9 heteroatoms. The Hall–Kier alpha value is -2.97. The fourth-order valence-corrected chi connectivity index (χ4v) is 4.50. The van der Waals surface area contributed by atoms with E-state index < -0.39 is 0 Å². The van der Waals surface area contributed by atoms with Crippen molar-refractivity contribution in [2.75, 3.05) is 23.7 Å². The molecule has 1 aliphatic heterocycles. The monoisotopic (exact) mass is 455 g/mol. The van der Waals surface area contributed by atoms with Crippen molar-refractivity contribution >= 4 is 46.3 Å². The van der Waals surface area contributed by atoms with Crippen LogP contribution in [0.4, 0.5) is 16.2 Å². The molecule has 3 amide bonds. The summed E-state index contributed by atoms with van der Waals surface area (Å²) in [7, 11) is 0. The molecule has 31 heavy (non-hydrogen) atoms. The molecule has 2 N–H and O–H groups in total. The van der Waals surface area contributed by atoms with Crippen molar-refractivity contribution in [2.45, 2.75) is 25.7 Å². The van der Waals surface area contributed by atoms with Gasteiger partial charge in [-0.1, -0.05) is 46.7 Å². The van der Waals surface area contributed by atoms with Gasteiger partial charge in [0.15, 0.2) is 0 Å². The van der Waals surface area contributed by atoms with E-state index in [1.807, 2.05) is 31.2 Å². The standard InChI is InChI=1S/C22H22ClN5O2S/c1-14-7-9-17(10-8-14)24-19(29)21-27-26-20(31-21)15-4-3-11-28(13-15)22(30)25-18-6-2-5-16(23)12-18/h2,5-10,12,15H,3-4,11,13H2,1H3,(H,24,29)(H,25,30)/t15-/m0/s1. The average molecular weight is 456 g/mol. The number of urea groups is 1. The highest BCUT2D eigenvalue weighted by molar-refractivity contribution is 7.13. The molecule has 2 aromatic carbocycles. The first kappa shape index (κ1) is 21.3. The van der Waals surface area contributed by atoms with Crippen LogP contribution < -0.4 is 10.6 Å². The van der Waals surface area contributed by atoms with E-state index in [0.717, 1.165) is 23.4 Å². The van der Waals surface area contributed by atoms with E-state index in [9.17, 15) is 9.59 Å². The molecule has 7 nitrogen and oxygen atoms in total. The van der Waals surface area contributed by atoms with Crippen LogP contribution in [0.2, 0.25) is 5.02 Å². The number of aryl methyl sites for hydroxylation is 1. The number of aromatic nitrogens is 2. The maximum Gasteiger partial charge on any atom is 0.321 e.